The maximum absolute atomic E-state index is 5.80. The van der Waals surface area contributed by atoms with E-state index in [1.54, 1.807) is 0 Å². The lowest BCUT2D eigenvalue weighted by atomic mass is 10.1. The molecule has 1 heterocycles. The summed E-state index contributed by atoms with van der Waals surface area (Å²) in [6.45, 7) is 0. The molecule has 18 heavy (non-hydrogen) atoms. The molecular weight excluding hydrogens is 226 g/mol. The van der Waals surface area contributed by atoms with E-state index in [-0.39, 0.29) is 0 Å². The minimum atomic E-state index is 0.471. The lowest BCUT2D eigenvalue weighted by Gasteiger charge is -2.02. The molecule has 3 rings (SSSR count). The van der Waals surface area contributed by atoms with Crippen LogP contribution < -0.4 is 5.32 Å². The number of nitrogens with zero attached hydrogens (tertiary/aromatic N) is 2. The van der Waals surface area contributed by atoms with E-state index in [0.29, 0.717) is 11.8 Å². The third-order valence-corrected chi connectivity index (χ3v) is 3.54. The zero-order valence-corrected chi connectivity index (χ0v) is 10.5. The molecule has 1 aromatic heterocycles. The molecule has 1 aliphatic carbocycles. The molecule has 4 nitrogen and oxygen atoms in total. The van der Waals surface area contributed by atoms with Gasteiger partial charge >= 0.3 is 0 Å². The van der Waals surface area contributed by atoms with E-state index >= 15 is 0 Å². The number of benzene rings is 1. The number of aromatic nitrogens is 2. The van der Waals surface area contributed by atoms with Gasteiger partial charge in [0.05, 0.1) is 0 Å². The molecule has 94 valence electrons. The van der Waals surface area contributed by atoms with Crippen molar-refractivity contribution in [1.29, 1.82) is 0 Å². The minimum absolute atomic E-state index is 0.471. The second-order valence-electron chi connectivity index (χ2n) is 4.76. The third kappa shape index (κ3) is 2.10. The van der Waals surface area contributed by atoms with Gasteiger partial charge in [-0.15, -0.1) is 10.2 Å². The van der Waals surface area contributed by atoms with Gasteiger partial charge in [0.25, 0.3) is 0 Å². The van der Waals surface area contributed by atoms with Crippen LogP contribution in [0, 0.1) is 0 Å². The number of hydrogen-bond acceptors (Lipinski definition) is 4. The average molecular weight is 243 g/mol. The zero-order chi connectivity index (χ0) is 12.4. The molecule has 1 fully saturated rings. The van der Waals surface area contributed by atoms with Gasteiger partial charge in [-0.3, -0.25) is 0 Å². The predicted molar refractivity (Wildman–Crippen MR) is 70.5 cm³/mol. The summed E-state index contributed by atoms with van der Waals surface area (Å²) in [4.78, 5) is 0. The number of rotatable bonds is 3. The topological polar surface area (TPSA) is 51.0 Å². The molecule has 0 amide bonds. The van der Waals surface area contributed by atoms with E-state index in [1.807, 2.05) is 31.3 Å². The highest BCUT2D eigenvalue weighted by molar-refractivity contribution is 5.60. The van der Waals surface area contributed by atoms with Gasteiger partial charge in [0.1, 0.15) is 0 Å². The fourth-order valence-electron chi connectivity index (χ4n) is 2.50. The molecule has 0 unspecified atom stereocenters. The van der Waals surface area contributed by atoms with Gasteiger partial charge < -0.3 is 9.73 Å². The van der Waals surface area contributed by atoms with E-state index in [0.717, 1.165) is 17.1 Å². The Morgan fingerprint density at radius 2 is 2.06 bits per heavy atom. The summed E-state index contributed by atoms with van der Waals surface area (Å²) < 4.78 is 5.80. The van der Waals surface area contributed by atoms with Crippen LogP contribution in [0.3, 0.4) is 0 Å². The van der Waals surface area contributed by atoms with Crippen LogP contribution in [0.15, 0.2) is 28.7 Å². The van der Waals surface area contributed by atoms with Crippen LogP contribution in [0.25, 0.3) is 11.5 Å². The number of nitrogens with one attached hydrogen (secondary N) is 1. The SMILES string of the molecule is CNc1cccc(-c2nnc(C3CCCC3)o2)c1. The van der Waals surface area contributed by atoms with Crippen molar-refractivity contribution in [3.8, 4) is 11.5 Å². The monoisotopic (exact) mass is 243 g/mol. The van der Waals surface area contributed by atoms with Crippen LogP contribution in [0.1, 0.15) is 37.5 Å². The maximum atomic E-state index is 5.80. The molecule has 0 bridgehead atoms. The molecule has 1 N–H and O–H groups in total. The lowest BCUT2D eigenvalue weighted by molar-refractivity contribution is 0.457. The Labute approximate surface area is 106 Å². The Balaban J connectivity index is 1.87. The van der Waals surface area contributed by atoms with Crippen LogP contribution in [-0.2, 0) is 0 Å². The summed E-state index contributed by atoms with van der Waals surface area (Å²) in [6.07, 6.45) is 4.91. The van der Waals surface area contributed by atoms with Crippen LogP contribution in [0.5, 0.6) is 0 Å². The van der Waals surface area contributed by atoms with Gasteiger partial charge in [0, 0.05) is 24.2 Å². The van der Waals surface area contributed by atoms with Crippen molar-refractivity contribution < 1.29 is 4.42 Å². The maximum Gasteiger partial charge on any atom is 0.247 e. The highest BCUT2D eigenvalue weighted by Gasteiger charge is 2.22. The molecule has 2 aromatic rings. The summed E-state index contributed by atoms with van der Waals surface area (Å²) in [5.74, 6) is 1.89. The summed E-state index contributed by atoms with van der Waals surface area (Å²) >= 11 is 0. The molecule has 1 aliphatic rings. The van der Waals surface area contributed by atoms with Crippen LogP contribution in [0.2, 0.25) is 0 Å². The minimum Gasteiger partial charge on any atom is -0.420 e. The first kappa shape index (κ1) is 11.3. The van der Waals surface area contributed by atoms with Crippen molar-refractivity contribution in [2.24, 2.45) is 0 Å². The number of anilines is 1. The smallest absolute Gasteiger partial charge is 0.247 e. The Morgan fingerprint density at radius 1 is 1.22 bits per heavy atom. The van der Waals surface area contributed by atoms with Gasteiger partial charge in [-0.1, -0.05) is 18.9 Å². The molecule has 0 atom stereocenters. The fraction of sp³-hybridized carbons (Fsp3) is 0.429. The van der Waals surface area contributed by atoms with Gasteiger partial charge in [-0.2, -0.15) is 0 Å². The molecule has 1 saturated carbocycles. The van der Waals surface area contributed by atoms with Gasteiger partial charge in [-0.05, 0) is 31.0 Å². The highest BCUT2D eigenvalue weighted by atomic mass is 16.4. The Kier molecular flexibility index (Phi) is 3.00. The average Bonchev–Trinajstić information content (AvgIpc) is 3.09. The van der Waals surface area contributed by atoms with Crippen molar-refractivity contribution in [3.63, 3.8) is 0 Å². The molecule has 4 heteroatoms. The van der Waals surface area contributed by atoms with E-state index in [2.05, 4.69) is 15.5 Å². The van der Waals surface area contributed by atoms with Crippen LogP contribution in [-0.4, -0.2) is 17.2 Å². The number of hydrogen-bond donors (Lipinski definition) is 1. The first-order chi connectivity index (χ1) is 8.86. The van der Waals surface area contributed by atoms with Crippen molar-refractivity contribution in [3.05, 3.63) is 30.2 Å². The first-order valence-electron chi connectivity index (χ1n) is 6.48. The first-order valence-corrected chi connectivity index (χ1v) is 6.48. The Hall–Kier alpha value is -1.84. The van der Waals surface area contributed by atoms with Crippen molar-refractivity contribution >= 4 is 5.69 Å². The van der Waals surface area contributed by atoms with Gasteiger partial charge in [0.15, 0.2) is 0 Å². The van der Waals surface area contributed by atoms with Gasteiger partial charge in [0.2, 0.25) is 11.8 Å². The standard InChI is InChI=1S/C14H17N3O/c1-15-12-8-4-7-11(9-12)14-17-16-13(18-14)10-5-2-3-6-10/h4,7-10,15H,2-3,5-6H2,1H3. The molecule has 0 radical (unpaired) electrons. The van der Waals surface area contributed by atoms with Crippen LogP contribution in [0.4, 0.5) is 5.69 Å². The van der Waals surface area contributed by atoms with E-state index < -0.39 is 0 Å². The Morgan fingerprint density at radius 3 is 2.83 bits per heavy atom. The molecule has 1 aromatic carbocycles. The summed E-state index contributed by atoms with van der Waals surface area (Å²) in [7, 11) is 1.90. The second-order valence-corrected chi connectivity index (χ2v) is 4.76. The Bertz CT molecular complexity index is 529. The normalized spacial score (nSPS) is 16.1. The summed E-state index contributed by atoms with van der Waals surface area (Å²) in [5.41, 5.74) is 2.02. The largest absolute Gasteiger partial charge is 0.420 e. The second kappa shape index (κ2) is 4.80. The quantitative estimate of drug-likeness (QED) is 0.897. The molecule has 0 aliphatic heterocycles. The molecular formula is C14H17N3O. The van der Waals surface area contributed by atoms with Crippen molar-refractivity contribution in [2.75, 3.05) is 12.4 Å². The fourth-order valence-corrected chi connectivity index (χ4v) is 2.50. The van der Waals surface area contributed by atoms with E-state index in [9.17, 15) is 0 Å². The van der Waals surface area contributed by atoms with Gasteiger partial charge in [-0.25, -0.2) is 0 Å². The van der Waals surface area contributed by atoms with Crippen molar-refractivity contribution in [2.45, 2.75) is 31.6 Å². The van der Waals surface area contributed by atoms with Crippen LogP contribution >= 0.6 is 0 Å². The van der Waals surface area contributed by atoms with E-state index in [4.69, 9.17) is 4.42 Å². The highest BCUT2D eigenvalue weighted by Crippen LogP contribution is 2.34. The van der Waals surface area contributed by atoms with E-state index in [1.165, 1.54) is 25.7 Å². The zero-order valence-electron chi connectivity index (χ0n) is 10.5. The molecule has 0 spiro atoms. The summed E-state index contributed by atoms with van der Waals surface area (Å²) in [5, 5.41) is 11.5. The predicted octanol–water partition coefficient (Wildman–Crippen LogP) is 3.44. The molecule has 0 saturated heterocycles. The summed E-state index contributed by atoms with van der Waals surface area (Å²) in [6, 6.07) is 8.01. The lowest BCUT2D eigenvalue weighted by Crippen LogP contribution is -1.91. The third-order valence-electron chi connectivity index (χ3n) is 3.54. The van der Waals surface area contributed by atoms with Crippen molar-refractivity contribution in [1.82, 2.24) is 10.2 Å².